The van der Waals surface area contributed by atoms with E-state index in [1.807, 2.05) is 11.8 Å². The number of hydrogen-bond donors (Lipinski definition) is 1. The molecular formula is C14H20BrN3OS. The zero-order valence-electron chi connectivity index (χ0n) is 11.7. The Morgan fingerprint density at radius 3 is 2.90 bits per heavy atom. The molecule has 6 heteroatoms. The number of nitrogens with one attached hydrogen (secondary N) is 1. The Morgan fingerprint density at radius 2 is 2.30 bits per heavy atom. The largest absolute Gasteiger partial charge is 0.381 e. The Labute approximate surface area is 132 Å². The number of hydrogen-bond acceptors (Lipinski definition) is 4. The lowest BCUT2D eigenvalue weighted by Gasteiger charge is -2.27. The van der Waals surface area contributed by atoms with E-state index in [1.54, 1.807) is 12.3 Å². The normalized spacial score (nSPS) is 17.1. The fourth-order valence-electron chi connectivity index (χ4n) is 2.57. The summed E-state index contributed by atoms with van der Waals surface area (Å²) in [6.07, 6.45) is 10.6. The molecule has 0 spiro atoms. The number of thioether (sulfide) groups is 1. The van der Waals surface area contributed by atoms with Crippen LogP contribution in [0.5, 0.6) is 0 Å². The molecule has 2 rings (SSSR count). The average Bonchev–Trinajstić information content (AvgIpc) is 2.93. The van der Waals surface area contributed by atoms with Crippen molar-refractivity contribution in [3.05, 3.63) is 33.7 Å². The summed E-state index contributed by atoms with van der Waals surface area (Å²) in [6.45, 7) is 4.92. The SMILES string of the molecule is C=CCn1ncc(NCC2(SC)CCCC2)c(Br)c1=O. The van der Waals surface area contributed by atoms with Crippen molar-refractivity contribution in [2.45, 2.75) is 37.0 Å². The summed E-state index contributed by atoms with van der Waals surface area (Å²) in [4.78, 5) is 12.1. The van der Waals surface area contributed by atoms with Crippen LogP contribution in [0.3, 0.4) is 0 Å². The van der Waals surface area contributed by atoms with Gasteiger partial charge in [0, 0.05) is 11.3 Å². The molecule has 0 aromatic carbocycles. The highest BCUT2D eigenvalue weighted by Crippen LogP contribution is 2.40. The fraction of sp³-hybridized carbons (Fsp3) is 0.571. The molecule has 0 unspecified atom stereocenters. The zero-order valence-corrected chi connectivity index (χ0v) is 14.1. The Balaban J connectivity index is 2.12. The molecule has 0 bridgehead atoms. The number of nitrogens with zero attached hydrogens (tertiary/aromatic N) is 2. The van der Waals surface area contributed by atoms with Crippen molar-refractivity contribution in [3.8, 4) is 0 Å². The maximum absolute atomic E-state index is 12.1. The van der Waals surface area contributed by atoms with Crippen molar-refractivity contribution >= 4 is 33.4 Å². The van der Waals surface area contributed by atoms with Gasteiger partial charge in [-0.3, -0.25) is 4.79 Å². The molecule has 1 aromatic rings. The van der Waals surface area contributed by atoms with E-state index >= 15 is 0 Å². The minimum Gasteiger partial charge on any atom is -0.381 e. The molecule has 1 aliphatic carbocycles. The van der Waals surface area contributed by atoms with E-state index in [1.165, 1.54) is 30.4 Å². The van der Waals surface area contributed by atoms with Gasteiger partial charge in [-0.25, -0.2) is 4.68 Å². The van der Waals surface area contributed by atoms with E-state index in [9.17, 15) is 4.79 Å². The van der Waals surface area contributed by atoms with Crippen molar-refractivity contribution < 1.29 is 0 Å². The molecule has 1 heterocycles. The molecule has 0 saturated heterocycles. The lowest BCUT2D eigenvalue weighted by molar-refractivity contribution is 0.631. The summed E-state index contributed by atoms with van der Waals surface area (Å²) in [7, 11) is 0. The smallest absolute Gasteiger partial charge is 0.283 e. The monoisotopic (exact) mass is 357 g/mol. The number of allylic oxidation sites excluding steroid dienone is 1. The first-order valence-electron chi connectivity index (χ1n) is 6.77. The predicted molar refractivity (Wildman–Crippen MR) is 89.6 cm³/mol. The number of rotatable bonds is 6. The van der Waals surface area contributed by atoms with Gasteiger partial charge in [-0.05, 0) is 35.0 Å². The van der Waals surface area contributed by atoms with Gasteiger partial charge in [0.1, 0.15) is 4.47 Å². The minimum atomic E-state index is -0.125. The first-order valence-corrected chi connectivity index (χ1v) is 8.79. The number of aromatic nitrogens is 2. The number of anilines is 1. The van der Waals surface area contributed by atoms with Gasteiger partial charge in [0.25, 0.3) is 5.56 Å². The molecule has 110 valence electrons. The second kappa shape index (κ2) is 6.80. The third-order valence-electron chi connectivity index (χ3n) is 3.84. The standard InChI is InChI=1S/C14H20BrN3OS/c1-3-8-18-13(19)12(15)11(9-17-18)16-10-14(20-2)6-4-5-7-14/h3,9,16H,1,4-8,10H2,2H3. The molecule has 1 aromatic heterocycles. The molecule has 0 atom stereocenters. The van der Waals surface area contributed by atoms with Gasteiger partial charge in [0.05, 0.1) is 18.4 Å². The lowest BCUT2D eigenvalue weighted by Crippen LogP contribution is -2.31. The molecule has 1 aliphatic rings. The highest BCUT2D eigenvalue weighted by Gasteiger charge is 2.32. The first kappa shape index (κ1) is 15.6. The Kier molecular flexibility index (Phi) is 5.32. The van der Waals surface area contributed by atoms with E-state index in [4.69, 9.17) is 0 Å². The minimum absolute atomic E-state index is 0.125. The van der Waals surface area contributed by atoms with E-state index in [0.29, 0.717) is 15.8 Å². The van der Waals surface area contributed by atoms with Crippen molar-refractivity contribution in [1.82, 2.24) is 9.78 Å². The molecular weight excluding hydrogens is 338 g/mol. The van der Waals surface area contributed by atoms with Crippen LogP contribution >= 0.6 is 27.7 Å². The average molecular weight is 358 g/mol. The third-order valence-corrected chi connectivity index (χ3v) is 6.02. The second-order valence-corrected chi connectivity index (χ2v) is 7.16. The van der Waals surface area contributed by atoms with Crippen LogP contribution < -0.4 is 10.9 Å². The predicted octanol–water partition coefficient (Wildman–Crippen LogP) is 3.28. The van der Waals surface area contributed by atoms with Crippen LogP contribution in [0.1, 0.15) is 25.7 Å². The van der Waals surface area contributed by atoms with Gasteiger partial charge in [-0.2, -0.15) is 16.9 Å². The topological polar surface area (TPSA) is 46.9 Å². The molecule has 1 N–H and O–H groups in total. The van der Waals surface area contributed by atoms with Gasteiger partial charge in [-0.1, -0.05) is 18.9 Å². The van der Waals surface area contributed by atoms with Crippen molar-refractivity contribution in [2.75, 3.05) is 18.1 Å². The van der Waals surface area contributed by atoms with Crippen molar-refractivity contribution in [3.63, 3.8) is 0 Å². The quantitative estimate of drug-likeness (QED) is 0.793. The maximum Gasteiger partial charge on any atom is 0.283 e. The van der Waals surface area contributed by atoms with Gasteiger partial charge >= 0.3 is 0 Å². The van der Waals surface area contributed by atoms with Crippen LogP contribution in [0.25, 0.3) is 0 Å². The summed E-state index contributed by atoms with van der Waals surface area (Å²) in [5, 5.41) is 7.54. The van der Waals surface area contributed by atoms with E-state index in [-0.39, 0.29) is 5.56 Å². The molecule has 0 aliphatic heterocycles. The lowest BCUT2D eigenvalue weighted by atomic mass is 10.1. The zero-order chi connectivity index (χ0) is 14.6. The number of halogens is 1. The van der Waals surface area contributed by atoms with Gasteiger partial charge in [0.2, 0.25) is 0 Å². The summed E-state index contributed by atoms with van der Waals surface area (Å²) in [5.41, 5.74) is 0.648. The molecule has 1 saturated carbocycles. The third kappa shape index (κ3) is 3.28. The molecule has 4 nitrogen and oxygen atoms in total. The molecule has 20 heavy (non-hydrogen) atoms. The fourth-order valence-corrected chi connectivity index (χ4v) is 3.93. The van der Waals surface area contributed by atoms with Crippen LogP contribution in [-0.2, 0) is 6.54 Å². The van der Waals surface area contributed by atoms with E-state index in [0.717, 1.165) is 12.2 Å². The first-order chi connectivity index (χ1) is 9.62. The highest BCUT2D eigenvalue weighted by molar-refractivity contribution is 9.10. The maximum atomic E-state index is 12.1. The Hall–Kier alpha value is -0.750. The second-order valence-electron chi connectivity index (χ2n) is 5.10. The van der Waals surface area contributed by atoms with Crippen LogP contribution in [0.15, 0.2) is 28.1 Å². The van der Waals surface area contributed by atoms with Crippen LogP contribution in [0.4, 0.5) is 5.69 Å². The summed E-state index contributed by atoms with van der Waals surface area (Å²) < 4.78 is 2.24. The van der Waals surface area contributed by atoms with E-state index in [2.05, 4.69) is 39.2 Å². The van der Waals surface area contributed by atoms with Crippen LogP contribution in [0, 0.1) is 0 Å². The van der Waals surface area contributed by atoms with Crippen molar-refractivity contribution in [2.24, 2.45) is 0 Å². The summed E-state index contributed by atoms with van der Waals surface area (Å²) in [6, 6.07) is 0. The van der Waals surface area contributed by atoms with Crippen LogP contribution in [0.2, 0.25) is 0 Å². The highest BCUT2D eigenvalue weighted by atomic mass is 79.9. The van der Waals surface area contributed by atoms with E-state index < -0.39 is 0 Å². The molecule has 1 fully saturated rings. The van der Waals surface area contributed by atoms with Crippen LogP contribution in [-0.4, -0.2) is 27.3 Å². The molecule has 0 radical (unpaired) electrons. The Bertz CT molecular complexity index is 538. The van der Waals surface area contributed by atoms with Gasteiger partial charge < -0.3 is 5.32 Å². The van der Waals surface area contributed by atoms with Crippen molar-refractivity contribution in [1.29, 1.82) is 0 Å². The summed E-state index contributed by atoms with van der Waals surface area (Å²) >= 11 is 5.30. The van der Waals surface area contributed by atoms with Gasteiger partial charge in [0.15, 0.2) is 0 Å². The summed E-state index contributed by atoms with van der Waals surface area (Å²) in [5.74, 6) is 0. The van der Waals surface area contributed by atoms with Gasteiger partial charge in [-0.15, -0.1) is 6.58 Å². The Morgan fingerprint density at radius 1 is 1.60 bits per heavy atom. The molecule has 0 amide bonds.